The van der Waals surface area contributed by atoms with E-state index in [1.807, 2.05) is 6.08 Å². The van der Waals surface area contributed by atoms with Gasteiger partial charge in [0, 0.05) is 0 Å². The zero-order valence-electron chi connectivity index (χ0n) is 11.8. The Kier molecular flexibility index (Phi) is 2.75. The topological polar surface area (TPSA) is 0 Å². The minimum atomic E-state index is 1.06. The van der Waals surface area contributed by atoms with Crippen molar-refractivity contribution in [1.82, 2.24) is 0 Å². The minimum absolute atomic E-state index is 1.06. The molecule has 0 atom stereocenters. The van der Waals surface area contributed by atoms with Gasteiger partial charge >= 0.3 is 0 Å². The van der Waals surface area contributed by atoms with Crippen LogP contribution < -0.4 is 0 Å². The van der Waals surface area contributed by atoms with E-state index in [1.165, 1.54) is 33.4 Å². The summed E-state index contributed by atoms with van der Waals surface area (Å²) < 4.78 is 0. The average molecular weight is 268 g/mol. The molecule has 0 saturated heterocycles. The first kappa shape index (κ1) is 12.2. The van der Waals surface area contributed by atoms with Crippen molar-refractivity contribution in [3.63, 3.8) is 0 Å². The number of benzene rings is 3. The molecule has 0 amide bonds. The third-order valence-electron chi connectivity index (χ3n) is 4.28. The molecule has 0 fully saturated rings. The van der Waals surface area contributed by atoms with Crippen LogP contribution in [0.3, 0.4) is 0 Å². The van der Waals surface area contributed by atoms with Crippen molar-refractivity contribution >= 4 is 6.08 Å². The van der Waals surface area contributed by atoms with E-state index in [2.05, 4.69) is 73.3 Å². The molecule has 100 valence electrons. The molecular formula is C21H16. The quantitative estimate of drug-likeness (QED) is 0.446. The molecule has 4 rings (SSSR count). The van der Waals surface area contributed by atoms with Crippen molar-refractivity contribution in [2.24, 2.45) is 0 Å². The second kappa shape index (κ2) is 4.75. The van der Waals surface area contributed by atoms with Gasteiger partial charge in [-0.15, -0.1) is 0 Å². The summed E-state index contributed by atoms with van der Waals surface area (Å²) in [6.45, 7) is 3.81. The molecule has 0 radical (unpaired) electrons. The normalized spacial score (nSPS) is 11.8. The van der Waals surface area contributed by atoms with Crippen molar-refractivity contribution in [3.8, 4) is 22.3 Å². The highest BCUT2D eigenvalue weighted by Gasteiger charge is 2.17. The van der Waals surface area contributed by atoms with Crippen molar-refractivity contribution in [1.29, 1.82) is 0 Å². The van der Waals surface area contributed by atoms with Gasteiger partial charge in [-0.25, -0.2) is 0 Å². The summed E-state index contributed by atoms with van der Waals surface area (Å²) in [5, 5.41) is 0. The molecule has 1 aliphatic rings. The number of hydrogen-bond acceptors (Lipinski definition) is 0. The molecule has 3 aromatic carbocycles. The van der Waals surface area contributed by atoms with E-state index in [9.17, 15) is 0 Å². The Morgan fingerprint density at radius 1 is 0.714 bits per heavy atom. The van der Waals surface area contributed by atoms with Crippen molar-refractivity contribution in [2.75, 3.05) is 0 Å². The summed E-state index contributed by atoms with van der Waals surface area (Å²) in [6.07, 6.45) is 2.93. The molecule has 3 aromatic rings. The molecule has 0 saturated carbocycles. The first-order chi connectivity index (χ1) is 10.3. The standard InChI is InChI=1S/C21H16/c1-2-15-7-9-16(10-8-15)17-11-12-19-13-18-5-3-4-6-20(18)21(19)14-17/h2-12,14H,1,13H2. The molecule has 0 N–H and O–H groups in total. The predicted octanol–water partition coefficient (Wildman–Crippen LogP) is 5.57. The van der Waals surface area contributed by atoms with E-state index in [1.54, 1.807) is 0 Å². The summed E-state index contributed by atoms with van der Waals surface area (Å²) in [4.78, 5) is 0. The monoisotopic (exact) mass is 268 g/mol. The summed E-state index contributed by atoms with van der Waals surface area (Å²) in [7, 11) is 0. The molecule has 21 heavy (non-hydrogen) atoms. The fourth-order valence-corrected chi connectivity index (χ4v) is 3.11. The first-order valence-corrected chi connectivity index (χ1v) is 7.29. The summed E-state index contributed by atoms with van der Waals surface area (Å²) in [5.74, 6) is 0. The van der Waals surface area contributed by atoms with Gasteiger partial charge in [-0.1, -0.05) is 73.3 Å². The van der Waals surface area contributed by atoms with Crippen molar-refractivity contribution in [3.05, 3.63) is 90.0 Å². The molecule has 0 heterocycles. The van der Waals surface area contributed by atoms with Crippen LogP contribution in [0.5, 0.6) is 0 Å². The van der Waals surface area contributed by atoms with Gasteiger partial charge in [0.15, 0.2) is 0 Å². The van der Waals surface area contributed by atoms with Gasteiger partial charge in [0.1, 0.15) is 0 Å². The number of hydrogen-bond donors (Lipinski definition) is 0. The van der Waals surface area contributed by atoms with Crippen LogP contribution in [0.25, 0.3) is 28.3 Å². The highest BCUT2D eigenvalue weighted by Crippen LogP contribution is 2.38. The largest absolute Gasteiger partial charge is 0.0985 e. The predicted molar refractivity (Wildman–Crippen MR) is 90.2 cm³/mol. The van der Waals surface area contributed by atoms with Gasteiger partial charge in [-0.2, -0.15) is 0 Å². The lowest BCUT2D eigenvalue weighted by atomic mass is 9.98. The lowest BCUT2D eigenvalue weighted by molar-refractivity contribution is 1.26. The average Bonchev–Trinajstić information content (AvgIpc) is 2.93. The molecule has 0 bridgehead atoms. The van der Waals surface area contributed by atoms with Gasteiger partial charge < -0.3 is 0 Å². The van der Waals surface area contributed by atoms with Gasteiger partial charge in [0.2, 0.25) is 0 Å². The summed E-state index contributed by atoms with van der Waals surface area (Å²) in [6, 6.07) is 24.1. The highest BCUT2D eigenvalue weighted by atomic mass is 14.2. The Bertz CT molecular complexity index is 823. The minimum Gasteiger partial charge on any atom is -0.0985 e. The highest BCUT2D eigenvalue weighted by molar-refractivity contribution is 5.81. The van der Waals surface area contributed by atoms with Crippen molar-refractivity contribution in [2.45, 2.75) is 6.42 Å². The second-order valence-corrected chi connectivity index (χ2v) is 5.53. The molecule has 0 nitrogen and oxygen atoms in total. The fraction of sp³-hybridized carbons (Fsp3) is 0.0476. The second-order valence-electron chi connectivity index (χ2n) is 5.53. The number of fused-ring (bicyclic) bond motifs is 3. The Morgan fingerprint density at radius 2 is 1.43 bits per heavy atom. The molecule has 0 aliphatic heterocycles. The SMILES string of the molecule is C=Cc1ccc(-c2ccc3c(c2)-c2ccccc2C3)cc1. The summed E-state index contributed by atoms with van der Waals surface area (Å²) in [5.41, 5.74) is 9.33. The van der Waals surface area contributed by atoms with Crippen LogP contribution >= 0.6 is 0 Å². The lowest BCUT2D eigenvalue weighted by Gasteiger charge is -2.06. The maximum atomic E-state index is 3.81. The van der Waals surface area contributed by atoms with Gasteiger partial charge in [0.25, 0.3) is 0 Å². The van der Waals surface area contributed by atoms with Crippen LogP contribution in [0.2, 0.25) is 0 Å². The zero-order valence-corrected chi connectivity index (χ0v) is 11.8. The maximum Gasteiger partial charge on any atom is -0.00134 e. The summed E-state index contributed by atoms with van der Waals surface area (Å²) >= 11 is 0. The molecule has 0 heteroatoms. The van der Waals surface area contributed by atoms with Crippen LogP contribution in [0.15, 0.2) is 73.3 Å². The molecule has 0 aromatic heterocycles. The third-order valence-corrected chi connectivity index (χ3v) is 4.28. The Labute approximate surface area is 125 Å². The van der Waals surface area contributed by atoms with Crippen LogP contribution in [0.1, 0.15) is 16.7 Å². The first-order valence-electron chi connectivity index (χ1n) is 7.29. The maximum absolute atomic E-state index is 3.81. The molecule has 0 spiro atoms. The van der Waals surface area contributed by atoms with E-state index in [0.29, 0.717) is 0 Å². The third kappa shape index (κ3) is 2.00. The fourth-order valence-electron chi connectivity index (χ4n) is 3.11. The molecule has 0 unspecified atom stereocenters. The Balaban J connectivity index is 1.81. The lowest BCUT2D eigenvalue weighted by Crippen LogP contribution is -1.83. The molecular weight excluding hydrogens is 252 g/mol. The molecule has 1 aliphatic carbocycles. The van der Waals surface area contributed by atoms with Crippen LogP contribution in [0.4, 0.5) is 0 Å². The van der Waals surface area contributed by atoms with Crippen LogP contribution in [-0.4, -0.2) is 0 Å². The van der Waals surface area contributed by atoms with Crippen molar-refractivity contribution < 1.29 is 0 Å². The van der Waals surface area contributed by atoms with Gasteiger partial charge in [-0.3, -0.25) is 0 Å². The Hall–Kier alpha value is -2.60. The number of rotatable bonds is 2. The van der Waals surface area contributed by atoms with E-state index in [0.717, 1.165) is 12.0 Å². The zero-order chi connectivity index (χ0) is 14.2. The van der Waals surface area contributed by atoms with Gasteiger partial charge in [0.05, 0.1) is 0 Å². The van der Waals surface area contributed by atoms with E-state index >= 15 is 0 Å². The smallest absolute Gasteiger partial charge is 0.00134 e. The van der Waals surface area contributed by atoms with Crippen LogP contribution in [-0.2, 0) is 6.42 Å². The van der Waals surface area contributed by atoms with E-state index in [-0.39, 0.29) is 0 Å². The van der Waals surface area contributed by atoms with Gasteiger partial charge in [-0.05, 0) is 51.4 Å². The van der Waals surface area contributed by atoms with E-state index < -0.39 is 0 Å². The van der Waals surface area contributed by atoms with Crippen LogP contribution in [0, 0.1) is 0 Å². The van der Waals surface area contributed by atoms with E-state index in [4.69, 9.17) is 0 Å². The Morgan fingerprint density at radius 3 is 2.24 bits per heavy atom.